The number of nitrogens with zero attached hydrogens (tertiary/aromatic N) is 1. The van der Waals surface area contributed by atoms with E-state index in [9.17, 15) is 4.79 Å². The smallest absolute Gasteiger partial charge is 0.222 e. The summed E-state index contributed by atoms with van der Waals surface area (Å²) in [6.45, 7) is 1.56. The quantitative estimate of drug-likeness (QED) is 0.530. The minimum Gasteiger partial charge on any atom is -0.341 e. The monoisotopic (exact) mass is 194 g/mol. The molecular formula is C11H18N2O. The number of unbranched alkanes of at least 4 members (excludes halogenated alkanes) is 2. The van der Waals surface area contributed by atoms with E-state index in [2.05, 4.69) is 5.92 Å². The first-order valence-corrected chi connectivity index (χ1v) is 5.21. The molecule has 0 spiro atoms. The SMILES string of the molecule is C#CCCCCC(=O)N1CCC(N)C1. The maximum atomic E-state index is 11.6. The number of carbonyl (C=O) groups is 1. The number of terminal acetylenes is 1. The predicted octanol–water partition coefficient (Wildman–Crippen LogP) is 0.740. The molecule has 1 heterocycles. The summed E-state index contributed by atoms with van der Waals surface area (Å²) >= 11 is 0. The number of rotatable bonds is 4. The van der Waals surface area contributed by atoms with E-state index in [4.69, 9.17) is 12.2 Å². The zero-order valence-corrected chi connectivity index (χ0v) is 8.54. The number of carbonyl (C=O) groups excluding carboxylic acids is 1. The van der Waals surface area contributed by atoms with Gasteiger partial charge in [0.15, 0.2) is 0 Å². The molecule has 0 radical (unpaired) electrons. The van der Waals surface area contributed by atoms with Gasteiger partial charge in [0.2, 0.25) is 5.91 Å². The highest BCUT2D eigenvalue weighted by atomic mass is 16.2. The first-order chi connectivity index (χ1) is 6.74. The van der Waals surface area contributed by atoms with E-state index in [1.165, 1.54) is 0 Å². The Bertz CT molecular complexity index is 232. The molecule has 78 valence electrons. The summed E-state index contributed by atoms with van der Waals surface area (Å²) in [4.78, 5) is 13.4. The molecule has 3 heteroatoms. The molecule has 1 aliphatic heterocycles. The fraction of sp³-hybridized carbons (Fsp3) is 0.727. The summed E-state index contributed by atoms with van der Waals surface area (Å²) < 4.78 is 0. The van der Waals surface area contributed by atoms with Gasteiger partial charge in [-0.2, -0.15) is 0 Å². The van der Waals surface area contributed by atoms with Crippen LogP contribution in [0, 0.1) is 12.3 Å². The van der Waals surface area contributed by atoms with Crippen molar-refractivity contribution in [3.05, 3.63) is 0 Å². The number of amides is 1. The molecule has 14 heavy (non-hydrogen) atoms. The average Bonchev–Trinajstić information content (AvgIpc) is 2.59. The molecule has 1 aliphatic rings. The van der Waals surface area contributed by atoms with Crippen molar-refractivity contribution in [2.45, 2.75) is 38.1 Å². The molecule has 1 unspecified atom stereocenters. The van der Waals surface area contributed by atoms with Gasteiger partial charge in [0.1, 0.15) is 0 Å². The van der Waals surface area contributed by atoms with Gasteiger partial charge in [0.05, 0.1) is 0 Å². The van der Waals surface area contributed by atoms with E-state index in [1.54, 1.807) is 0 Å². The second-order valence-electron chi connectivity index (χ2n) is 3.80. The Morgan fingerprint density at radius 1 is 1.57 bits per heavy atom. The van der Waals surface area contributed by atoms with Crippen LogP contribution >= 0.6 is 0 Å². The van der Waals surface area contributed by atoms with Crippen LogP contribution in [0.2, 0.25) is 0 Å². The third-order valence-electron chi connectivity index (χ3n) is 2.54. The van der Waals surface area contributed by atoms with Crippen LogP contribution in [0.3, 0.4) is 0 Å². The van der Waals surface area contributed by atoms with Crippen molar-refractivity contribution in [1.82, 2.24) is 4.90 Å². The lowest BCUT2D eigenvalue weighted by Gasteiger charge is -2.15. The third kappa shape index (κ3) is 3.39. The molecule has 0 aromatic carbocycles. The number of nitrogens with two attached hydrogens (primary N) is 1. The average molecular weight is 194 g/mol. The molecule has 1 fully saturated rings. The second kappa shape index (κ2) is 5.66. The molecule has 1 saturated heterocycles. The van der Waals surface area contributed by atoms with Gasteiger partial charge in [-0.05, 0) is 19.3 Å². The van der Waals surface area contributed by atoms with E-state index >= 15 is 0 Å². The van der Waals surface area contributed by atoms with Crippen molar-refractivity contribution in [2.24, 2.45) is 5.73 Å². The molecule has 1 rings (SSSR count). The molecule has 1 amide bonds. The summed E-state index contributed by atoms with van der Waals surface area (Å²) in [5, 5.41) is 0. The van der Waals surface area contributed by atoms with Crippen molar-refractivity contribution in [3.63, 3.8) is 0 Å². The number of likely N-dealkylation sites (tertiary alicyclic amines) is 1. The molecule has 2 N–H and O–H groups in total. The summed E-state index contributed by atoms with van der Waals surface area (Å²) in [6, 6.07) is 0.185. The Kier molecular flexibility index (Phi) is 4.48. The third-order valence-corrected chi connectivity index (χ3v) is 2.54. The molecule has 0 aromatic heterocycles. The van der Waals surface area contributed by atoms with Crippen LogP contribution < -0.4 is 5.73 Å². The molecule has 3 nitrogen and oxygen atoms in total. The van der Waals surface area contributed by atoms with Crippen LogP contribution in [0.1, 0.15) is 32.1 Å². The molecule has 0 aromatic rings. The second-order valence-corrected chi connectivity index (χ2v) is 3.80. The summed E-state index contributed by atoms with van der Waals surface area (Å²) in [6.07, 6.45) is 9.30. The van der Waals surface area contributed by atoms with Crippen LogP contribution in [0.4, 0.5) is 0 Å². The summed E-state index contributed by atoms with van der Waals surface area (Å²) in [7, 11) is 0. The summed E-state index contributed by atoms with van der Waals surface area (Å²) in [5.41, 5.74) is 5.72. The number of hydrogen-bond acceptors (Lipinski definition) is 2. The van der Waals surface area contributed by atoms with Crippen LogP contribution in [-0.2, 0) is 4.79 Å². The fourth-order valence-corrected chi connectivity index (χ4v) is 1.68. The maximum Gasteiger partial charge on any atom is 0.222 e. The Labute approximate surface area is 85.6 Å². The maximum absolute atomic E-state index is 11.6. The highest BCUT2D eigenvalue weighted by Gasteiger charge is 2.22. The van der Waals surface area contributed by atoms with Gasteiger partial charge >= 0.3 is 0 Å². The molecule has 0 bridgehead atoms. The largest absolute Gasteiger partial charge is 0.341 e. The standard InChI is InChI=1S/C11H18N2O/c1-2-3-4-5-6-11(14)13-8-7-10(12)9-13/h1,10H,3-9,12H2. The van der Waals surface area contributed by atoms with Crippen LogP contribution in [0.15, 0.2) is 0 Å². The zero-order chi connectivity index (χ0) is 10.4. The zero-order valence-electron chi connectivity index (χ0n) is 8.54. The highest BCUT2D eigenvalue weighted by molar-refractivity contribution is 5.76. The van der Waals surface area contributed by atoms with Crippen LogP contribution in [0.5, 0.6) is 0 Å². The first kappa shape index (κ1) is 11.1. The fourth-order valence-electron chi connectivity index (χ4n) is 1.68. The Hall–Kier alpha value is -1.01. The van der Waals surface area contributed by atoms with Crippen molar-refractivity contribution in [3.8, 4) is 12.3 Å². The lowest BCUT2D eigenvalue weighted by molar-refractivity contribution is -0.130. The first-order valence-electron chi connectivity index (χ1n) is 5.21. The van der Waals surface area contributed by atoms with Gasteiger partial charge in [-0.15, -0.1) is 12.3 Å². The van der Waals surface area contributed by atoms with E-state index < -0.39 is 0 Å². The van der Waals surface area contributed by atoms with Crippen molar-refractivity contribution >= 4 is 5.91 Å². The van der Waals surface area contributed by atoms with E-state index in [-0.39, 0.29) is 11.9 Å². The van der Waals surface area contributed by atoms with Gasteiger partial charge < -0.3 is 10.6 Å². The molecule has 1 atom stereocenters. The molecule has 0 saturated carbocycles. The highest BCUT2D eigenvalue weighted by Crippen LogP contribution is 2.10. The van der Waals surface area contributed by atoms with Crippen molar-refractivity contribution in [1.29, 1.82) is 0 Å². The van der Waals surface area contributed by atoms with Gasteiger partial charge in [0.25, 0.3) is 0 Å². The topological polar surface area (TPSA) is 46.3 Å². The van der Waals surface area contributed by atoms with Crippen LogP contribution in [0.25, 0.3) is 0 Å². The van der Waals surface area contributed by atoms with E-state index in [0.717, 1.165) is 38.8 Å². The predicted molar refractivity (Wildman–Crippen MR) is 56.5 cm³/mol. The normalized spacial score (nSPS) is 20.9. The Balaban J connectivity index is 2.13. The Morgan fingerprint density at radius 2 is 2.36 bits per heavy atom. The van der Waals surface area contributed by atoms with Crippen molar-refractivity contribution < 1.29 is 4.79 Å². The molecular weight excluding hydrogens is 176 g/mol. The van der Waals surface area contributed by atoms with Crippen LogP contribution in [-0.4, -0.2) is 29.9 Å². The van der Waals surface area contributed by atoms with Gasteiger partial charge in [-0.25, -0.2) is 0 Å². The van der Waals surface area contributed by atoms with Gasteiger partial charge in [-0.1, -0.05) is 0 Å². The van der Waals surface area contributed by atoms with E-state index in [1.807, 2.05) is 4.90 Å². The van der Waals surface area contributed by atoms with E-state index in [0.29, 0.717) is 6.42 Å². The lowest BCUT2D eigenvalue weighted by Crippen LogP contribution is -2.31. The lowest BCUT2D eigenvalue weighted by atomic mass is 10.2. The Morgan fingerprint density at radius 3 is 2.93 bits per heavy atom. The molecule has 0 aliphatic carbocycles. The van der Waals surface area contributed by atoms with Gasteiger partial charge in [-0.3, -0.25) is 4.79 Å². The minimum atomic E-state index is 0.185. The van der Waals surface area contributed by atoms with Crippen molar-refractivity contribution in [2.75, 3.05) is 13.1 Å². The summed E-state index contributed by atoms with van der Waals surface area (Å²) in [5.74, 6) is 2.80. The number of hydrogen-bond donors (Lipinski definition) is 1. The minimum absolute atomic E-state index is 0.185. The van der Waals surface area contributed by atoms with Gasteiger partial charge in [0, 0.05) is 32.0 Å².